The summed E-state index contributed by atoms with van der Waals surface area (Å²) in [6.07, 6.45) is 1.64. The van der Waals surface area contributed by atoms with Crippen LogP contribution in [0.3, 0.4) is 0 Å². The molecule has 10 N–H and O–H groups in total. The van der Waals surface area contributed by atoms with Gasteiger partial charge < -0.3 is 60.2 Å². The second-order valence-electron chi connectivity index (χ2n) is 9.44. The molecule has 4 heterocycles. The van der Waals surface area contributed by atoms with Crippen LogP contribution in [0.2, 0.25) is 0 Å². The largest absolute Gasteiger partial charge is 0.469 e. The molecule has 0 aliphatic heterocycles. The summed E-state index contributed by atoms with van der Waals surface area (Å²) in [6, 6.07) is 0. The van der Waals surface area contributed by atoms with E-state index < -0.39 is 66.7 Å². The molecular weight excluding hydrogens is 690 g/mol. The highest BCUT2D eigenvalue weighted by molar-refractivity contribution is 7.46. The standard InChI is InChI=1S/2C11H18N5O7P/c2*1-21-3-7(4-22-24(18,19)20)23-8(2-17)16-6-15-9-10(12)13-5-14-11(9)16/h2*5-8,17H,2-4H2,1H3,(H2,12,13,14)(H2,18,19,20)/t7-,8?;7-,8+/m00/s1. The molecule has 4 aromatic rings. The van der Waals surface area contributed by atoms with E-state index in [1.807, 2.05) is 0 Å². The molecule has 4 rings (SSSR count). The van der Waals surface area contributed by atoms with Gasteiger partial charge in [-0.05, 0) is 0 Å². The van der Waals surface area contributed by atoms with Gasteiger partial charge in [0.15, 0.2) is 35.4 Å². The van der Waals surface area contributed by atoms with Gasteiger partial charge in [0.1, 0.15) is 35.9 Å². The van der Waals surface area contributed by atoms with Crippen molar-refractivity contribution >= 4 is 49.6 Å². The zero-order valence-corrected chi connectivity index (χ0v) is 27.2. The van der Waals surface area contributed by atoms with Gasteiger partial charge in [0.05, 0.1) is 52.3 Å². The number of hydrogen-bond donors (Lipinski definition) is 8. The van der Waals surface area contributed by atoms with Crippen molar-refractivity contribution in [2.75, 3.05) is 65.3 Å². The van der Waals surface area contributed by atoms with E-state index in [2.05, 4.69) is 39.0 Å². The Morgan fingerprint density at radius 1 is 0.667 bits per heavy atom. The zero-order chi connectivity index (χ0) is 35.5. The smallest absolute Gasteiger partial charge is 0.392 e. The number of fused-ring (bicyclic) bond motifs is 2. The number of nitrogens with two attached hydrogens (primary N) is 2. The maximum atomic E-state index is 10.8. The Labute approximate surface area is 271 Å². The van der Waals surface area contributed by atoms with Crippen LogP contribution in [0.25, 0.3) is 22.3 Å². The summed E-state index contributed by atoms with van der Waals surface area (Å²) in [5.41, 5.74) is 12.8. The third kappa shape index (κ3) is 11.4. The summed E-state index contributed by atoms with van der Waals surface area (Å²) in [6.45, 7) is -1.80. The second kappa shape index (κ2) is 17.9. The molecule has 4 aromatic heterocycles. The Morgan fingerprint density at radius 2 is 1.04 bits per heavy atom. The monoisotopic (exact) mass is 726 g/mol. The first-order chi connectivity index (χ1) is 22.7. The zero-order valence-electron chi connectivity index (χ0n) is 25.4. The lowest BCUT2D eigenvalue weighted by molar-refractivity contribution is -0.114. The number of hydrogen-bond acceptors (Lipinski definition) is 18. The SMILES string of the molecule is COC[C@@H](COP(=O)(O)O)OC(CO)n1cnc2c(N)ncnc21.COC[C@@H](COP(=O)(O)O)O[C@H](CO)n1cnc2c(N)ncnc21. The summed E-state index contributed by atoms with van der Waals surface area (Å²) < 4.78 is 54.4. The fourth-order valence-electron chi connectivity index (χ4n) is 3.98. The van der Waals surface area contributed by atoms with E-state index in [-0.39, 0.29) is 24.8 Å². The highest BCUT2D eigenvalue weighted by Crippen LogP contribution is 2.37. The number of ether oxygens (including phenoxy) is 4. The second-order valence-corrected chi connectivity index (χ2v) is 11.9. The van der Waals surface area contributed by atoms with Gasteiger partial charge in [0, 0.05) is 14.2 Å². The number of methoxy groups -OCH3 is 2. The van der Waals surface area contributed by atoms with Crippen molar-refractivity contribution in [1.29, 1.82) is 0 Å². The van der Waals surface area contributed by atoms with Gasteiger partial charge in [-0.2, -0.15) is 0 Å². The molecule has 48 heavy (non-hydrogen) atoms. The van der Waals surface area contributed by atoms with E-state index in [0.717, 1.165) is 0 Å². The molecule has 24 nitrogen and oxygen atoms in total. The maximum Gasteiger partial charge on any atom is 0.469 e. The van der Waals surface area contributed by atoms with Crippen LogP contribution in [-0.4, -0.2) is 135 Å². The summed E-state index contributed by atoms with van der Waals surface area (Å²) in [7, 11) is -6.53. The van der Waals surface area contributed by atoms with Crippen LogP contribution in [0.4, 0.5) is 11.6 Å². The Kier molecular flexibility index (Phi) is 14.6. The van der Waals surface area contributed by atoms with Crippen LogP contribution in [0.1, 0.15) is 12.5 Å². The molecular formula is C22H36N10O14P2. The molecule has 0 saturated heterocycles. The van der Waals surface area contributed by atoms with Crippen LogP contribution in [0.15, 0.2) is 25.3 Å². The van der Waals surface area contributed by atoms with Crippen molar-refractivity contribution in [3.8, 4) is 0 Å². The van der Waals surface area contributed by atoms with Gasteiger partial charge in [-0.3, -0.25) is 18.2 Å². The Hall–Kier alpha value is -3.32. The molecule has 1 unspecified atom stereocenters. The number of anilines is 2. The quantitative estimate of drug-likeness (QED) is 0.0518. The predicted molar refractivity (Wildman–Crippen MR) is 161 cm³/mol. The summed E-state index contributed by atoms with van der Waals surface area (Å²) in [4.78, 5) is 58.9. The van der Waals surface area contributed by atoms with Crippen LogP contribution < -0.4 is 11.5 Å². The summed E-state index contributed by atoms with van der Waals surface area (Å²) in [5.74, 6) is 0.349. The first kappa shape index (κ1) is 39.1. The molecule has 0 radical (unpaired) electrons. The highest BCUT2D eigenvalue weighted by atomic mass is 31.2. The molecule has 0 aliphatic carbocycles. The minimum atomic E-state index is -4.66. The normalized spacial score (nSPS) is 14.8. The fraction of sp³-hybridized carbons (Fsp3) is 0.545. The number of aromatic nitrogens is 8. The first-order valence-corrected chi connectivity index (χ1v) is 16.5. The number of phosphoric ester groups is 2. The van der Waals surface area contributed by atoms with Gasteiger partial charge in [-0.25, -0.2) is 39.0 Å². The lowest BCUT2D eigenvalue weighted by atomic mass is 10.4. The molecule has 0 spiro atoms. The average Bonchev–Trinajstić information content (AvgIpc) is 3.66. The minimum absolute atomic E-state index is 0.0136. The van der Waals surface area contributed by atoms with Gasteiger partial charge in [0.2, 0.25) is 0 Å². The molecule has 0 bridgehead atoms. The number of aliphatic hydroxyl groups is 2. The van der Waals surface area contributed by atoms with Crippen molar-refractivity contribution in [2.45, 2.75) is 24.7 Å². The Bertz CT molecular complexity index is 1560. The van der Waals surface area contributed by atoms with E-state index in [0.29, 0.717) is 22.3 Å². The molecule has 0 aromatic carbocycles. The number of imidazole rings is 2. The van der Waals surface area contributed by atoms with Crippen LogP contribution in [-0.2, 0) is 37.1 Å². The van der Waals surface area contributed by atoms with E-state index >= 15 is 0 Å². The van der Waals surface area contributed by atoms with Crippen molar-refractivity contribution in [2.24, 2.45) is 0 Å². The van der Waals surface area contributed by atoms with E-state index in [9.17, 15) is 19.3 Å². The van der Waals surface area contributed by atoms with E-state index in [1.165, 1.54) is 48.7 Å². The number of phosphoric acid groups is 2. The minimum Gasteiger partial charge on any atom is -0.392 e. The van der Waals surface area contributed by atoms with Gasteiger partial charge in [-0.1, -0.05) is 0 Å². The molecule has 0 amide bonds. The fourth-order valence-corrected chi connectivity index (χ4v) is 4.71. The highest BCUT2D eigenvalue weighted by Gasteiger charge is 2.26. The number of nitrogen functional groups attached to an aromatic ring is 2. The summed E-state index contributed by atoms with van der Waals surface area (Å²) >= 11 is 0. The van der Waals surface area contributed by atoms with Crippen molar-refractivity contribution in [3.63, 3.8) is 0 Å². The molecule has 268 valence electrons. The molecule has 0 saturated carbocycles. The first-order valence-electron chi connectivity index (χ1n) is 13.5. The number of nitrogens with zero attached hydrogens (tertiary/aromatic N) is 8. The van der Waals surface area contributed by atoms with E-state index in [1.54, 1.807) is 0 Å². The van der Waals surface area contributed by atoms with Gasteiger partial charge in [-0.15, -0.1) is 0 Å². The average molecular weight is 727 g/mol. The third-order valence-corrected chi connectivity index (χ3v) is 6.94. The van der Waals surface area contributed by atoms with Crippen molar-refractivity contribution < 1.29 is 66.9 Å². The Balaban J connectivity index is 0.000000260. The van der Waals surface area contributed by atoms with Crippen molar-refractivity contribution in [3.05, 3.63) is 25.3 Å². The predicted octanol–water partition coefficient (Wildman–Crippen LogP) is -1.92. The molecule has 26 heteroatoms. The number of aliphatic hydroxyl groups excluding tert-OH is 2. The molecule has 0 aliphatic rings. The van der Waals surface area contributed by atoms with Crippen LogP contribution >= 0.6 is 15.6 Å². The van der Waals surface area contributed by atoms with Gasteiger partial charge in [0.25, 0.3) is 0 Å². The number of rotatable bonds is 18. The third-order valence-electron chi connectivity index (χ3n) is 5.97. The van der Waals surface area contributed by atoms with Crippen LogP contribution in [0.5, 0.6) is 0 Å². The lowest BCUT2D eigenvalue weighted by Crippen LogP contribution is -2.30. The Morgan fingerprint density at radius 3 is 1.35 bits per heavy atom. The van der Waals surface area contributed by atoms with E-state index in [4.69, 9.17) is 50.0 Å². The van der Waals surface area contributed by atoms with Crippen LogP contribution in [0, 0.1) is 0 Å². The molecule has 0 fully saturated rings. The summed E-state index contributed by atoms with van der Waals surface area (Å²) in [5, 5.41) is 19.2. The molecule has 4 atom stereocenters. The van der Waals surface area contributed by atoms with Gasteiger partial charge >= 0.3 is 15.6 Å². The topological polar surface area (TPSA) is 350 Å². The van der Waals surface area contributed by atoms with Crippen molar-refractivity contribution in [1.82, 2.24) is 39.0 Å². The maximum absolute atomic E-state index is 10.8. The lowest BCUT2D eigenvalue weighted by Gasteiger charge is -2.24.